The third-order valence-corrected chi connectivity index (χ3v) is 16.3. The summed E-state index contributed by atoms with van der Waals surface area (Å²) in [6.07, 6.45) is 80.3. The Kier molecular flexibility index (Phi) is 65.1. The lowest BCUT2D eigenvalue weighted by Gasteiger charge is -2.18. The van der Waals surface area contributed by atoms with Crippen molar-refractivity contribution in [3.8, 4) is 0 Å². The Morgan fingerprint density at radius 1 is 0.247 bits per heavy atom. The summed E-state index contributed by atoms with van der Waals surface area (Å²) in [6.45, 7) is 6.63. The first-order valence-corrected chi connectivity index (χ1v) is 35.2. The molecule has 0 aromatic carbocycles. The predicted octanol–water partition coefficient (Wildman–Crippen LogP) is 24.0. The van der Waals surface area contributed by atoms with Crippen LogP contribution >= 0.6 is 0 Å². The largest absolute Gasteiger partial charge is 0.462 e. The lowest BCUT2D eigenvalue weighted by Crippen LogP contribution is -2.30. The van der Waals surface area contributed by atoms with E-state index in [4.69, 9.17) is 14.2 Å². The van der Waals surface area contributed by atoms with Crippen LogP contribution in [0.5, 0.6) is 0 Å². The summed E-state index contributed by atoms with van der Waals surface area (Å²) in [6, 6.07) is 0. The Hall–Kier alpha value is -1.85. The first-order chi connectivity index (χ1) is 38.0. The van der Waals surface area contributed by atoms with Crippen LogP contribution in [0.25, 0.3) is 0 Å². The number of carbonyl (C=O) groups is 3. The van der Waals surface area contributed by atoms with Crippen LogP contribution in [0.3, 0.4) is 0 Å². The van der Waals surface area contributed by atoms with E-state index in [1.807, 2.05) is 0 Å². The van der Waals surface area contributed by atoms with Gasteiger partial charge in [0, 0.05) is 19.3 Å². The Labute approximate surface area is 481 Å². The topological polar surface area (TPSA) is 78.9 Å². The van der Waals surface area contributed by atoms with Crippen molar-refractivity contribution in [3.63, 3.8) is 0 Å². The van der Waals surface area contributed by atoms with Crippen molar-refractivity contribution >= 4 is 17.9 Å². The first-order valence-electron chi connectivity index (χ1n) is 35.2. The molecule has 456 valence electrons. The Morgan fingerprint density at radius 2 is 0.429 bits per heavy atom. The monoisotopic (exact) mass is 1090 g/mol. The molecule has 0 N–H and O–H groups in total. The molecule has 1 atom stereocenters. The summed E-state index contributed by atoms with van der Waals surface area (Å²) in [7, 11) is 0. The summed E-state index contributed by atoms with van der Waals surface area (Å²) >= 11 is 0. The molecule has 0 aliphatic heterocycles. The van der Waals surface area contributed by atoms with Crippen molar-refractivity contribution in [2.75, 3.05) is 13.2 Å². The number of allylic oxidation sites excluding steroid dienone is 2. The summed E-state index contributed by atoms with van der Waals surface area (Å²) < 4.78 is 16.8. The molecule has 0 aliphatic carbocycles. The van der Waals surface area contributed by atoms with E-state index in [9.17, 15) is 14.4 Å². The molecule has 0 saturated carbocycles. The van der Waals surface area contributed by atoms with Gasteiger partial charge in [-0.05, 0) is 44.9 Å². The molecular weight excluding hydrogens is 949 g/mol. The number of ether oxygens (including phenoxy) is 3. The van der Waals surface area contributed by atoms with Crippen LogP contribution in [0, 0.1) is 0 Å². The maximum absolute atomic E-state index is 12.8. The van der Waals surface area contributed by atoms with Crippen LogP contribution in [0.15, 0.2) is 12.2 Å². The molecule has 6 heteroatoms. The SMILES string of the molecule is CCCCCCCCCC/C=C\CCCCCCCCCCCCCCCCCCCCCCCCCC(=O)OCC(COC(=O)CCCCCCC)OC(=O)CCCCCCCCCCCCCCCCCCCCC. The lowest BCUT2D eigenvalue weighted by molar-refractivity contribution is -0.167. The smallest absolute Gasteiger partial charge is 0.306 e. The van der Waals surface area contributed by atoms with Crippen LogP contribution in [0.2, 0.25) is 0 Å². The quantitative estimate of drug-likeness (QED) is 0.0261. The highest BCUT2D eigenvalue weighted by molar-refractivity contribution is 5.71. The van der Waals surface area contributed by atoms with E-state index in [1.165, 1.54) is 302 Å². The maximum Gasteiger partial charge on any atom is 0.306 e. The number of esters is 3. The second-order valence-electron chi connectivity index (χ2n) is 24.2. The van der Waals surface area contributed by atoms with Gasteiger partial charge in [0.05, 0.1) is 0 Å². The Morgan fingerprint density at radius 3 is 0.649 bits per heavy atom. The van der Waals surface area contributed by atoms with Crippen molar-refractivity contribution in [3.05, 3.63) is 12.2 Å². The number of hydrogen-bond acceptors (Lipinski definition) is 6. The van der Waals surface area contributed by atoms with Gasteiger partial charge in [-0.3, -0.25) is 14.4 Å². The van der Waals surface area contributed by atoms with Gasteiger partial charge in [-0.25, -0.2) is 0 Å². The van der Waals surface area contributed by atoms with Crippen LogP contribution < -0.4 is 0 Å². The normalized spacial score (nSPS) is 12.0. The van der Waals surface area contributed by atoms with Crippen molar-refractivity contribution in [1.29, 1.82) is 0 Å². The molecule has 0 heterocycles. The van der Waals surface area contributed by atoms with E-state index < -0.39 is 6.10 Å². The zero-order valence-electron chi connectivity index (χ0n) is 52.5. The minimum absolute atomic E-state index is 0.0634. The number of carbonyl (C=O) groups excluding carboxylic acids is 3. The van der Waals surface area contributed by atoms with Crippen molar-refractivity contribution in [2.24, 2.45) is 0 Å². The molecule has 0 aromatic heterocycles. The van der Waals surface area contributed by atoms with Gasteiger partial charge in [-0.1, -0.05) is 354 Å². The average Bonchev–Trinajstić information content (AvgIpc) is 3.43. The fraction of sp³-hybridized carbons (Fsp3) is 0.930. The highest BCUT2D eigenvalue weighted by Gasteiger charge is 2.19. The maximum atomic E-state index is 12.8. The highest BCUT2D eigenvalue weighted by atomic mass is 16.6. The third kappa shape index (κ3) is 64.9. The second kappa shape index (κ2) is 66.7. The molecule has 0 aliphatic rings. The van der Waals surface area contributed by atoms with E-state index >= 15 is 0 Å². The standard InChI is InChI=1S/C71H136O6/c1-4-7-10-13-15-17-19-21-23-25-27-28-29-30-31-32-33-34-35-36-37-38-39-40-41-42-44-45-47-49-51-53-55-58-61-64-70(73)76-67-68(66-75-69(72)63-60-57-12-9-6-3)77-71(74)65-62-59-56-54-52-50-48-46-43-26-24-22-20-18-16-14-11-8-5-2/h25,27,68H,4-24,26,28-67H2,1-3H3/b27-25-. The Balaban J connectivity index is 3.83. The summed E-state index contributed by atoms with van der Waals surface area (Å²) in [5.41, 5.74) is 0. The molecular formula is C71H136O6. The van der Waals surface area contributed by atoms with Crippen LogP contribution in [0.4, 0.5) is 0 Å². The van der Waals surface area contributed by atoms with Crippen LogP contribution in [0.1, 0.15) is 406 Å². The third-order valence-electron chi connectivity index (χ3n) is 16.3. The van der Waals surface area contributed by atoms with Gasteiger partial charge in [0.25, 0.3) is 0 Å². The molecule has 0 bridgehead atoms. The first kappa shape index (κ1) is 75.2. The van der Waals surface area contributed by atoms with E-state index in [2.05, 4.69) is 32.9 Å². The summed E-state index contributed by atoms with van der Waals surface area (Å²) in [5, 5.41) is 0. The predicted molar refractivity (Wildman–Crippen MR) is 335 cm³/mol. The molecule has 1 unspecified atom stereocenters. The second-order valence-corrected chi connectivity index (χ2v) is 24.2. The van der Waals surface area contributed by atoms with Gasteiger partial charge in [0.15, 0.2) is 6.10 Å². The minimum Gasteiger partial charge on any atom is -0.462 e. The van der Waals surface area contributed by atoms with E-state index in [0.717, 1.165) is 64.2 Å². The Bertz CT molecular complexity index is 1200. The van der Waals surface area contributed by atoms with Gasteiger partial charge >= 0.3 is 17.9 Å². The lowest BCUT2D eigenvalue weighted by atomic mass is 10.0. The number of hydrogen-bond donors (Lipinski definition) is 0. The zero-order chi connectivity index (χ0) is 55.7. The van der Waals surface area contributed by atoms with E-state index in [0.29, 0.717) is 19.3 Å². The molecule has 0 fully saturated rings. The average molecular weight is 1090 g/mol. The van der Waals surface area contributed by atoms with Gasteiger partial charge in [0.1, 0.15) is 13.2 Å². The van der Waals surface area contributed by atoms with Gasteiger partial charge in [0.2, 0.25) is 0 Å². The summed E-state index contributed by atoms with van der Waals surface area (Å²) in [5.74, 6) is -0.848. The van der Waals surface area contributed by atoms with Crippen molar-refractivity contribution < 1.29 is 28.6 Å². The summed E-state index contributed by atoms with van der Waals surface area (Å²) in [4.78, 5) is 37.9. The minimum atomic E-state index is -0.762. The molecule has 6 nitrogen and oxygen atoms in total. The number of unbranched alkanes of at least 4 members (excludes halogenated alkanes) is 53. The molecule has 0 spiro atoms. The fourth-order valence-electron chi connectivity index (χ4n) is 11.0. The molecule has 0 radical (unpaired) electrons. The van der Waals surface area contributed by atoms with Gasteiger partial charge < -0.3 is 14.2 Å². The number of rotatable bonds is 66. The molecule has 0 aromatic rings. The van der Waals surface area contributed by atoms with E-state index in [1.54, 1.807) is 0 Å². The molecule has 0 amide bonds. The fourth-order valence-corrected chi connectivity index (χ4v) is 11.0. The molecule has 0 saturated heterocycles. The molecule has 77 heavy (non-hydrogen) atoms. The van der Waals surface area contributed by atoms with Gasteiger partial charge in [-0.15, -0.1) is 0 Å². The van der Waals surface area contributed by atoms with Crippen LogP contribution in [-0.4, -0.2) is 37.2 Å². The highest BCUT2D eigenvalue weighted by Crippen LogP contribution is 2.19. The van der Waals surface area contributed by atoms with E-state index in [-0.39, 0.29) is 31.1 Å². The van der Waals surface area contributed by atoms with Gasteiger partial charge in [-0.2, -0.15) is 0 Å². The van der Waals surface area contributed by atoms with Crippen molar-refractivity contribution in [1.82, 2.24) is 0 Å². The molecule has 0 rings (SSSR count). The van der Waals surface area contributed by atoms with Crippen molar-refractivity contribution in [2.45, 2.75) is 412 Å². The van der Waals surface area contributed by atoms with Crippen LogP contribution in [-0.2, 0) is 28.6 Å². The zero-order valence-corrected chi connectivity index (χ0v) is 52.5.